The van der Waals surface area contributed by atoms with Gasteiger partial charge in [-0.25, -0.2) is 9.97 Å². The molecule has 0 aromatic carbocycles. The molecule has 1 saturated heterocycles. The van der Waals surface area contributed by atoms with E-state index in [0.29, 0.717) is 5.69 Å². The van der Waals surface area contributed by atoms with Crippen LogP contribution in [0.5, 0.6) is 0 Å². The Labute approximate surface area is 129 Å². The number of carbonyl (C=O) groups excluding carboxylic acids is 1. The molecular weight excluding hydrogens is 278 g/mol. The highest BCUT2D eigenvalue weighted by Crippen LogP contribution is 2.20. The first-order valence-corrected chi connectivity index (χ1v) is 7.45. The van der Waals surface area contributed by atoms with Gasteiger partial charge in [-0.2, -0.15) is 0 Å². The summed E-state index contributed by atoms with van der Waals surface area (Å²) >= 11 is 0. The zero-order valence-corrected chi connectivity index (χ0v) is 12.6. The second kappa shape index (κ2) is 6.51. The predicted octanol–water partition coefficient (Wildman–Crippen LogP) is 1.61. The molecule has 0 aliphatic carbocycles. The van der Waals surface area contributed by atoms with Crippen LogP contribution in [0, 0.1) is 0 Å². The highest BCUT2D eigenvalue weighted by molar-refractivity contribution is 5.92. The summed E-state index contributed by atoms with van der Waals surface area (Å²) in [6, 6.07) is 6.06. The van der Waals surface area contributed by atoms with E-state index in [-0.39, 0.29) is 11.9 Å². The summed E-state index contributed by atoms with van der Waals surface area (Å²) in [4.78, 5) is 28.9. The summed E-state index contributed by atoms with van der Waals surface area (Å²) in [7, 11) is 1.84. The van der Waals surface area contributed by atoms with Crippen molar-refractivity contribution in [1.29, 1.82) is 0 Å². The van der Waals surface area contributed by atoms with Gasteiger partial charge in [-0.15, -0.1) is 0 Å². The molecule has 0 bridgehead atoms. The molecule has 0 N–H and O–H groups in total. The lowest BCUT2D eigenvalue weighted by atomic mass is 10.0. The number of pyridine rings is 1. The number of anilines is 1. The van der Waals surface area contributed by atoms with Crippen molar-refractivity contribution < 1.29 is 4.79 Å². The molecule has 1 aliphatic rings. The fraction of sp³-hybridized carbons (Fsp3) is 0.375. The number of nitrogens with zero attached hydrogens (tertiary/aromatic N) is 5. The third-order valence-electron chi connectivity index (χ3n) is 4.02. The number of rotatable bonds is 3. The maximum atomic E-state index is 12.5. The van der Waals surface area contributed by atoms with E-state index in [0.717, 1.165) is 31.7 Å². The van der Waals surface area contributed by atoms with Crippen molar-refractivity contribution in [3.05, 3.63) is 48.7 Å². The number of hydrogen-bond acceptors (Lipinski definition) is 5. The Bertz CT molecular complexity index is 619. The molecule has 1 atom stereocenters. The third-order valence-corrected chi connectivity index (χ3v) is 4.02. The third kappa shape index (κ3) is 3.05. The smallest absolute Gasteiger partial charge is 0.274 e. The van der Waals surface area contributed by atoms with Gasteiger partial charge in [0.2, 0.25) is 0 Å². The number of carbonyl (C=O) groups is 1. The summed E-state index contributed by atoms with van der Waals surface area (Å²) in [5.74, 6) is 0.883. The van der Waals surface area contributed by atoms with E-state index in [2.05, 4.69) is 19.9 Å². The Morgan fingerprint density at radius 1 is 1.27 bits per heavy atom. The van der Waals surface area contributed by atoms with Gasteiger partial charge in [0, 0.05) is 44.8 Å². The van der Waals surface area contributed by atoms with Crippen molar-refractivity contribution in [3.8, 4) is 0 Å². The molecule has 0 saturated carbocycles. The maximum Gasteiger partial charge on any atom is 0.274 e. The molecule has 22 heavy (non-hydrogen) atoms. The van der Waals surface area contributed by atoms with E-state index in [4.69, 9.17) is 0 Å². The van der Waals surface area contributed by atoms with Crippen LogP contribution in [0.25, 0.3) is 0 Å². The molecule has 114 valence electrons. The van der Waals surface area contributed by atoms with E-state index < -0.39 is 0 Å². The monoisotopic (exact) mass is 297 g/mol. The lowest BCUT2D eigenvalue weighted by molar-refractivity contribution is 0.0711. The molecule has 0 unspecified atom stereocenters. The highest BCUT2D eigenvalue weighted by atomic mass is 16.2. The molecule has 6 heteroatoms. The molecule has 3 heterocycles. The Morgan fingerprint density at radius 3 is 2.91 bits per heavy atom. The average molecular weight is 297 g/mol. The van der Waals surface area contributed by atoms with Crippen LogP contribution in [0.2, 0.25) is 0 Å². The predicted molar refractivity (Wildman–Crippen MR) is 83.6 cm³/mol. The molecule has 1 aliphatic heterocycles. The van der Waals surface area contributed by atoms with Crippen LogP contribution in [0.4, 0.5) is 5.82 Å². The Balaban J connectivity index is 1.70. The summed E-state index contributed by atoms with van der Waals surface area (Å²) in [6.07, 6.45) is 8.46. The van der Waals surface area contributed by atoms with Crippen molar-refractivity contribution >= 4 is 11.7 Å². The number of amides is 1. The summed E-state index contributed by atoms with van der Waals surface area (Å²) in [5.41, 5.74) is 0.389. The normalized spacial score (nSPS) is 18.0. The minimum Gasteiger partial charge on any atom is -0.355 e. The number of likely N-dealkylation sites (N-methyl/N-ethyl adjacent to an activating group) is 1. The molecule has 1 fully saturated rings. The molecular formula is C16H19N5O. The summed E-state index contributed by atoms with van der Waals surface area (Å²) in [5, 5.41) is 0. The fourth-order valence-corrected chi connectivity index (χ4v) is 2.78. The average Bonchev–Trinajstić information content (AvgIpc) is 2.62. The first-order chi connectivity index (χ1) is 10.8. The highest BCUT2D eigenvalue weighted by Gasteiger charge is 2.27. The van der Waals surface area contributed by atoms with Crippen molar-refractivity contribution in [3.63, 3.8) is 0 Å². The van der Waals surface area contributed by atoms with Crippen LogP contribution in [-0.2, 0) is 0 Å². The summed E-state index contributed by atoms with van der Waals surface area (Å²) in [6.45, 7) is 1.76. The van der Waals surface area contributed by atoms with E-state index in [9.17, 15) is 4.79 Å². The van der Waals surface area contributed by atoms with E-state index in [1.807, 2.05) is 25.2 Å². The molecule has 2 aromatic rings. The summed E-state index contributed by atoms with van der Waals surface area (Å²) < 4.78 is 0. The zero-order valence-electron chi connectivity index (χ0n) is 12.6. The first-order valence-electron chi connectivity index (χ1n) is 7.45. The number of aromatic nitrogens is 3. The van der Waals surface area contributed by atoms with E-state index >= 15 is 0 Å². The van der Waals surface area contributed by atoms with Crippen LogP contribution >= 0.6 is 0 Å². The van der Waals surface area contributed by atoms with Gasteiger partial charge in [-0.3, -0.25) is 9.78 Å². The molecule has 3 rings (SSSR count). The van der Waals surface area contributed by atoms with Gasteiger partial charge in [0.25, 0.3) is 5.91 Å². The fourth-order valence-electron chi connectivity index (χ4n) is 2.78. The second-order valence-corrected chi connectivity index (χ2v) is 5.44. The minimum atomic E-state index is -0.0824. The van der Waals surface area contributed by atoms with Gasteiger partial charge < -0.3 is 9.80 Å². The van der Waals surface area contributed by atoms with Gasteiger partial charge in [-0.1, -0.05) is 6.07 Å². The van der Waals surface area contributed by atoms with Crippen molar-refractivity contribution in [1.82, 2.24) is 19.9 Å². The lowest BCUT2D eigenvalue weighted by Gasteiger charge is -2.38. The van der Waals surface area contributed by atoms with Crippen LogP contribution in [0.15, 0.2) is 43.0 Å². The van der Waals surface area contributed by atoms with Crippen LogP contribution in [0.1, 0.15) is 23.3 Å². The zero-order chi connectivity index (χ0) is 15.4. The largest absolute Gasteiger partial charge is 0.355 e. The second-order valence-electron chi connectivity index (χ2n) is 5.44. The van der Waals surface area contributed by atoms with E-state index in [1.54, 1.807) is 23.5 Å². The van der Waals surface area contributed by atoms with E-state index in [1.165, 1.54) is 6.20 Å². The lowest BCUT2D eigenvalue weighted by Crippen LogP contribution is -2.49. The minimum absolute atomic E-state index is 0.0824. The Hall–Kier alpha value is -2.50. The quantitative estimate of drug-likeness (QED) is 0.861. The number of hydrogen-bond donors (Lipinski definition) is 0. The van der Waals surface area contributed by atoms with Crippen molar-refractivity contribution in [2.45, 2.75) is 18.9 Å². The Kier molecular flexibility index (Phi) is 4.27. The molecule has 2 aromatic heterocycles. The van der Waals surface area contributed by atoms with Crippen molar-refractivity contribution in [2.75, 3.05) is 25.0 Å². The standard InChI is InChI=1S/C16H19N5O/c1-20(16(22)14-11-17-8-9-18-14)13-5-4-10-21(12-13)15-6-2-3-7-19-15/h2-3,6-9,11,13H,4-5,10,12H2,1H3/t13-/m0/s1. The maximum absolute atomic E-state index is 12.5. The van der Waals surface area contributed by atoms with Crippen molar-refractivity contribution in [2.24, 2.45) is 0 Å². The first kappa shape index (κ1) is 14.4. The number of piperidine rings is 1. The van der Waals surface area contributed by atoms with Gasteiger partial charge in [0.05, 0.1) is 6.20 Å². The Morgan fingerprint density at radius 2 is 2.18 bits per heavy atom. The SMILES string of the molecule is CN(C(=O)c1cnccn1)[C@H]1CCCN(c2ccccn2)C1. The van der Waals surface area contributed by atoms with Gasteiger partial charge in [0.1, 0.15) is 11.5 Å². The van der Waals surface area contributed by atoms with Gasteiger partial charge >= 0.3 is 0 Å². The van der Waals surface area contributed by atoms with Crippen LogP contribution in [0.3, 0.4) is 0 Å². The molecule has 0 spiro atoms. The van der Waals surface area contributed by atoms with Crippen LogP contribution in [-0.4, -0.2) is 51.9 Å². The topological polar surface area (TPSA) is 62.2 Å². The molecule has 1 amide bonds. The molecule has 0 radical (unpaired) electrons. The molecule has 6 nitrogen and oxygen atoms in total. The van der Waals surface area contributed by atoms with Gasteiger partial charge in [-0.05, 0) is 25.0 Å². The van der Waals surface area contributed by atoms with Crippen LogP contribution < -0.4 is 4.90 Å². The van der Waals surface area contributed by atoms with Gasteiger partial charge in [0.15, 0.2) is 0 Å².